The van der Waals surface area contributed by atoms with Crippen LogP contribution in [0.3, 0.4) is 0 Å². The van der Waals surface area contributed by atoms with Crippen LogP contribution in [0.2, 0.25) is 0 Å². The first-order valence-electron chi connectivity index (χ1n) is 10.7. The third kappa shape index (κ3) is 6.20. The number of hydrogen-bond donors (Lipinski definition) is 1. The Morgan fingerprint density at radius 1 is 1.18 bits per heavy atom. The molecule has 0 amide bonds. The van der Waals surface area contributed by atoms with Crippen molar-refractivity contribution >= 4 is 23.4 Å². The fourth-order valence-corrected chi connectivity index (χ4v) is 4.40. The van der Waals surface area contributed by atoms with Gasteiger partial charge in [-0.3, -0.25) is 4.99 Å². The van der Waals surface area contributed by atoms with Crippen LogP contribution in [0.15, 0.2) is 63.6 Å². The number of alkyl halides is 3. The van der Waals surface area contributed by atoms with Crippen molar-refractivity contribution in [2.24, 2.45) is 4.99 Å². The summed E-state index contributed by atoms with van der Waals surface area (Å²) in [7, 11) is 0. The van der Waals surface area contributed by atoms with Crippen LogP contribution in [0.5, 0.6) is 5.75 Å². The Kier molecular flexibility index (Phi) is 7.75. The van der Waals surface area contributed by atoms with Gasteiger partial charge in [0.1, 0.15) is 11.6 Å². The highest BCUT2D eigenvalue weighted by atomic mass is 32.2. The van der Waals surface area contributed by atoms with Crippen LogP contribution in [0.1, 0.15) is 51.2 Å². The molecule has 0 unspecified atom stereocenters. The zero-order valence-electron chi connectivity index (χ0n) is 19.0. The summed E-state index contributed by atoms with van der Waals surface area (Å²) in [6.07, 6.45) is -2.77. The minimum Gasteiger partial charge on any atom is -0.478 e. The highest BCUT2D eigenvalue weighted by Crippen LogP contribution is 2.35. The van der Waals surface area contributed by atoms with E-state index in [2.05, 4.69) is 4.99 Å². The number of carbonyl (C=O) groups is 1. The Hall–Kier alpha value is -2.81. The number of ether oxygens (including phenoxy) is 1. The summed E-state index contributed by atoms with van der Waals surface area (Å²) in [6.45, 7) is 4.95. The van der Waals surface area contributed by atoms with Crippen LogP contribution in [-0.2, 0) is 11.0 Å². The molecule has 0 aromatic heterocycles. The van der Waals surface area contributed by atoms with Gasteiger partial charge in [0.05, 0.1) is 11.3 Å². The second-order valence-corrected chi connectivity index (χ2v) is 9.46. The zero-order valence-corrected chi connectivity index (χ0v) is 19.8. The number of carboxylic acids is 1. The van der Waals surface area contributed by atoms with E-state index in [-0.39, 0.29) is 0 Å². The average Bonchev–Trinajstić information content (AvgIpc) is 3.14. The van der Waals surface area contributed by atoms with Gasteiger partial charge in [0.25, 0.3) is 0 Å². The van der Waals surface area contributed by atoms with E-state index >= 15 is 0 Å². The number of rotatable bonds is 9. The van der Waals surface area contributed by atoms with Crippen LogP contribution < -0.4 is 4.74 Å². The lowest BCUT2D eigenvalue weighted by molar-refractivity contribution is -0.152. The number of hydrogen-bond acceptors (Lipinski definition) is 4. The number of nitrogens with zero attached hydrogens (tertiary/aromatic N) is 1. The van der Waals surface area contributed by atoms with Crippen molar-refractivity contribution in [1.82, 2.24) is 0 Å². The number of aliphatic imine (C=N–C) groups is 1. The molecule has 0 saturated carbocycles. The Balaban J connectivity index is 1.73. The van der Waals surface area contributed by atoms with Crippen molar-refractivity contribution in [2.45, 2.75) is 56.7 Å². The van der Waals surface area contributed by atoms with Gasteiger partial charge in [-0.2, -0.15) is 13.2 Å². The van der Waals surface area contributed by atoms with E-state index in [9.17, 15) is 27.5 Å². The summed E-state index contributed by atoms with van der Waals surface area (Å²) in [6, 6.07) is 10.0. The van der Waals surface area contributed by atoms with E-state index in [1.807, 2.05) is 13.0 Å². The molecule has 4 nitrogen and oxygen atoms in total. The number of thioether (sulfide) groups is 1. The Morgan fingerprint density at radius 2 is 1.91 bits per heavy atom. The second-order valence-electron chi connectivity index (χ2n) is 8.41. The molecule has 0 fully saturated rings. The van der Waals surface area contributed by atoms with Crippen LogP contribution in [0.4, 0.5) is 17.6 Å². The highest BCUT2D eigenvalue weighted by molar-refractivity contribution is 7.99. The van der Waals surface area contributed by atoms with Crippen molar-refractivity contribution in [3.8, 4) is 5.75 Å². The lowest BCUT2D eigenvalue weighted by atomic mass is 10.0. The van der Waals surface area contributed by atoms with Crippen molar-refractivity contribution < 1.29 is 32.2 Å². The number of halogens is 4. The first kappa shape index (κ1) is 25.8. The molecule has 1 heterocycles. The van der Waals surface area contributed by atoms with Gasteiger partial charge < -0.3 is 9.84 Å². The third-order valence-corrected chi connectivity index (χ3v) is 6.34. The maximum absolute atomic E-state index is 14.1. The first-order valence-corrected chi connectivity index (χ1v) is 11.7. The summed E-state index contributed by atoms with van der Waals surface area (Å²) < 4.78 is 58.3. The molecular weight excluding hydrogens is 470 g/mol. The topological polar surface area (TPSA) is 58.9 Å². The zero-order chi connectivity index (χ0) is 25.1. The fraction of sp³-hybridized carbons (Fsp3) is 0.360. The van der Waals surface area contributed by atoms with E-state index in [0.29, 0.717) is 35.6 Å². The van der Waals surface area contributed by atoms with Crippen molar-refractivity contribution in [3.63, 3.8) is 0 Å². The molecule has 1 aliphatic heterocycles. The van der Waals surface area contributed by atoms with Crippen LogP contribution in [0.25, 0.3) is 0 Å². The molecule has 0 aliphatic carbocycles. The van der Waals surface area contributed by atoms with Crippen LogP contribution >= 0.6 is 11.8 Å². The predicted octanol–water partition coefficient (Wildman–Crippen LogP) is 7.13. The lowest BCUT2D eigenvalue weighted by Crippen LogP contribution is -2.37. The van der Waals surface area contributed by atoms with Gasteiger partial charge >= 0.3 is 12.1 Å². The summed E-state index contributed by atoms with van der Waals surface area (Å²) in [5.74, 6) is -1.37. The second kappa shape index (κ2) is 10.2. The van der Waals surface area contributed by atoms with Gasteiger partial charge in [0, 0.05) is 22.8 Å². The molecule has 0 spiro atoms. The molecule has 34 heavy (non-hydrogen) atoms. The largest absolute Gasteiger partial charge is 0.478 e. The number of allylic oxidation sites excluding steroid dienone is 1. The van der Waals surface area contributed by atoms with E-state index in [0.717, 1.165) is 34.7 Å². The van der Waals surface area contributed by atoms with E-state index in [1.54, 1.807) is 18.2 Å². The standard InChI is InChI=1S/C25H25F4NO3S/c1-4-6-21-16(12-22(30-21)15-9-10-19(20(26)11-15)25(27,28)29)14-34-18-8-5-7-17(13-18)33-24(2,3)23(31)32/h5,7-11,13H,4,6,12,14H2,1-3H3,(H,31,32). The first-order chi connectivity index (χ1) is 15.9. The summed E-state index contributed by atoms with van der Waals surface area (Å²) in [4.78, 5) is 16.8. The monoisotopic (exact) mass is 495 g/mol. The molecule has 2 aromatic carbocycles. The molecule has 3 rings (SSSR count). The predicted molar refractivity (Wildman–Crippen MR) is 124 cm³/mol. The fourth-order valence-electron chi connectivity index (χ4n) is 3.42. The van der Waals surface area contributed by atoms with Gasteiger partial charge in [-0.1, -0.05) is 25.5 Å². The molecule has 0 saturated heterocycles. The number of benzene rings is 2. The molecule has 0 radical (unpaired) electrons. The molecule has 0 atom stereocenters. The quantitative estimate of drug-likeness (QED) is 0.297. The molecular formula is C25H25F4NO3S. The third-order valence-electron chi connectivity index (χ3n) is 5.26. The maximum Gasteiger partial charge on any atom is 0.419 e. The van der Waals surface area contributed by atoms with E-state index < -0.39 is 29.1 Å². The van der Waals surface area contributed by atoms with Crippen LogP contribution in [-0.4, -0.2) is 28.1 Å². The summed E-state index contributed by atoms with van der Waals surface area (Å²) >= 11 is 1.52. The minimum atomic E-state index is -4.74. The summed E-state index contributed by atoms with van der Waals surface area (Å²) in [5.41, 5.74) is 0.118. The Morgan fingerprint density at radius 3 is 2.53 bits per heavy atom. The molecule has 1 N–H and O–H groups in total. The average molecular weight is 496 g/mol. The number of carboxylic acid groups (broad SMARTS) is 1. The van der Waals surface area contributed by atoms with Crippen LogP contribution in [0, 0.1) is 5.82 Å². The van der Waals surface area contributed by atoms with Gasteiger partial charge in [0.15, 0.2) is 5.60 Å². The van der Waals surface area contributed by atoms with Gasteiger partial charge in [-0.25, -0.2) is 9.18 Å². The summed E-state index contributed by atoms with van der Waals surface area (Å²) in [5, 5.41) is 9.26. The SMILES string of the molecule is CCCC1=C(CSc2cccc(OC(C)(C)C(=O)O)c2)CC(c2ccc(C(F)(F)F)c(F)c2)=N1. The number of aliphatic carboxylic acids is 1. The Labute approximate surface area is 199 Å². The van der Waals surface area contributed by atoms with Gasteiger partial charge in [-0.15, -0.1) is 11.8 Å². The molecule has 1 aliphatic rings. The smallest absolute Gasteiger partial charge is 0.419 e. The Bertz CT molecular complexity index is 1140. The normalized spacial score (nSPS) is 14.4. The minimum absolute atomic E-state index is 0.338. The lowest BCUT2D eigenvalue weighted by Gasteiger charge is -2.21. The van der Waals surface area contributed by atoms with Crippen molar-refractivity contribution in [3.05, 3.63) is 70.7 Å². The van der Waals surface area contributed by atoms with Gasteiger partial charge in [-0.05, 0) is 61.7 Å². The van der Waals surface area contributed by atoms with Crippen molar-refractivity contribution in [2.75, 3.05) is 5.75 Å². The van der Waals surface area contributed by atoms with E-state index in [1.165, 1.54) is 31.7 Å². The molecule has 2 aromatic rings. The molecule has 182 valence electrons. The van der Waals surface area contributed by atoms with Gasteiger partial charge in [0.2, 0.25) is 0 Å². The molecule has 0 bridgehead atoms. The highest BCUT2D eigenvalue weighted by Gasteiger charge is 2.34. The maximum atomic E-state index is 14.1. The van der Waals surface area contributed by atoms with Crippen molar-refractivity contribution in [1.29, 1.82) is 0 Å². The molecule has 9 heteroatoms. The van der Waals surface area contributed by atoms with E-state index in [4.69, 9.17) is 4.74 Å².